The van der Waals surface area contributed by atoms with E-state index in [1.54, 1.807) is 17.8 Å². The van der Waals surface area contributed by atoms with Gasteiger partial charge < -0.3 is 5.32 Å². The third kappa shape index (κ3) is 4.11. The Balaban J connectivity index is 1.46. The highest BCUT2D eigenvalue weighted by Crippen LogP contribution is 2.27. The van der Waals surface area contributed by atoms with E-state index in [-0.39, 0.29) is 11.9 Å². The maximum Gasteiger partial charge on any atom is 0.271 e. The molecule has 0 radical (unpaired) electrons. The van der Waals surface area contributed by atoms with Crippen molar-refractivity contribution < 1.29 is 4.79 Å². The maximum absolute atomic E-state index is 12.6. The van der Waals surface area contributed by atoms with Crippen molar-refractivity contribution in [1.82, 2.24) is 20.3 Å². The quantitative estimate of drug-likeness (QED) is 0.459. The standard InChI is InChI=1S/C20H15ClN4OS2/c1-12(19-24-16(10-27-19)13-5-7-22-8-6-13)23-18(26)17-11-28-20(25-17)14-3-2-4-15(21)9-14/h2-12H,1H3,(H,23,26). The van der Waals surface area contributed by atoms with Gasteiger partial charge in [0.05, 0.1) is 11.7 Å². The predicted octanol–water partition coefficient (Wildman–Crippen LogP) is 5.47. The summed E-state index contributed by atoms with van der Waals surface area (Å²) in [4.78, 5) is 25.7. The molecule has 0 bridgehead atoms. The number of nitrogens with zero attached hydrogens (tertiary/aromatic N) is 3. The lowest BCUT2D eigenvalue weighted by Crippen LogP contribution is -2.26. The van der Waals surface area contributed by atoms with Gasteiger partial charge in [0.15, 0.2) is 0 Å². The fourth-order valence-electron chi connectivity index (χ4n) is 2.61. The number of thiazole rings is 2. The fourth-order valence-corrected chi connectivity index (χ4v) is 4.43. The summed E-state index contributed by atoms with van der Waals surface area (Å²) in [6.07, 6.45) is 3.47. The first-order valence-electron chi connectivity index (χ1n) is 8.48. The van der Waals surface area contributed by atoms with E-state index in [1.165, 1.54) is 22.7 Å². The molecule has 0 aliphatic heterocycles. The van der Waals surface area contributed by atoms with E-state index in [1.807, 2.05) is 48.7 Å². The number of halogens is 1. The van der Waals surface area contributed by atoms with Crippen LogP contribution in [-0.4, -0.2) is 20.9 Å². The first-order valence-corrected chi connectivity index (χ1v) is 10.6. The minimum absolute atomic E-state index is 0.218. The molecule has 1 aromatic carbocycles. The second-order valence-electron chi connectivity index (χ2n) is 6.05. The van der Waals surface area contributed by atoms with Crippen molar-refractivity contribution in [1.29, 1.82) is 0 Å². The predicted molar refractivity (Wildman–Crippen MR) is 114 cm³/mol. The summed E-state index contributed by atoms with van der Waals surface area (Å²) in [6, 6.07) is 11.0. The minimum atomic E-state index is -0.224. The number of hydrogen-bond donors (Lipinski definition) is 1. The van der Waals surface area contributed by atoms with Crippen molar-refractivity contribution >= 4 is 40.2 Å². The molecule has 4 rings (SSSR count). The van der Waals surface area contributed by atoms with Crippen LogP contribution in [0.5, 0.6) is 0 Å². The van der Waals surface area contributed by atoms with Crippen molar-refractivity contribution in [2.24, 2.45) is 0 Å². The summed E-state index contributed by atoms with van der Waals surface area (Å²) in [5.41, 5.74) is 3.16. The number of aromatic nitrogens is 3. The molecule has 1 unspecified atom stereocenters. The van der Waals surface area contributed by atoms with Crippen LogP contribution in [0.2, 0.25) is 5.02 Å². The molecule has 0 aliphatic carbocycles. The Morgan fingerprint density at radius 2 is 1.89 bits per heavy atom. The molecule has 28 heavy (non-hydrogen) atoms. The number of hydrogen-bond acceptors (Lipinski definition) is 6. The zero-order valence-corrected chi connectivity index (χ0v) is 17.2. The highest BCUT2D eigenvalue weighted by molar-refractivity contribution is 7.13. The van der Waals surface area contributed by atoms with E-state index < -0.39 is 0 Å². The Labute approximate surface area is 175 Å². The third-order valence-corrected chi connectivity index (χ3v) is 6.18. The summed E-state index contributed by atoms with van der Waals surface area (Å²) in [6.45, 7) is 1.91. The van der Waals surface area contributed by atoms with Crippen molar-refractivity contribution in [3.8, 4) is 21.8 Å². The van der Waals surface area contributed by atoms with Crippen LogP contribution in [0.4, 0.5) is 0 Å². The Hall–Kier alpha value is -2.61. The molecule has 1 N–H and O–H groups in total. The van der Waals surface area contributed by atoms with Gasteiger partial charge in [-0.1, -0.05) is 23.7 Å². The lowest BCUT2D eigenvalue weighted by molar-refractivity contribution is 0.0935. The molecule has 0 saturated carbocycles. The molecule has 3 heterocycles. The molecule has 8 heteroatoms. The van der Waals surface area contributed by atoms with Crippen molar-refractivity contribution in [2.45, 2.75) is 13.0 Å². The summed E-state index contributed by atoms with van der Waals surface area (Å²) in [7, 11) is 0. The molecule has 3 aromatic heterocycles. The van der Waals surface area contributed by atoms with Gasteiger partial charge in [-0.3, -0.25) is 9.78 Å². The number of benzene rings is 1. The molecule has 0 aliphatic rings. The summed E-state index contributed by atoms with van der Waals surface area (Å²) in [5, 5.41) is 8.94. The monoisotopic (exact) mass is 426 g/mol. The van der Waals surface area contributed by atoms with Crippen LogP contribution in [-0.2, 0) is 0 Å². The van der Waals surface area contributed by atoms with Gasteiger partial charge in [-0.15, -0.1) is 22.7 Å². The minimum Gasteiger partial charge on any atom is -0.342 e. The molecular formula is C20H15ClN4OS2. The van der Waals surface area contributed by atoms with E-state index in [9.17, 15) is 4.79 Å². The summed E-state index contributed by atoms with van der Waals surface area (Å²) < 4.78 is 0. The van der Waals surface area contributed by atoms with Crippen LogP contribution in [0.1, 0.15) is 28.5 Å². The van der Waals surface area contributed by atoms with Crippen LogP contribution >= 0.6 is 34.3 Å². The van der Waals surface area contributed by atoms with Crippen molar-refractivity contribution in [3.05, 3.63) is 75.3 Å². The average molecular weight is 427 g/mol. The van der Waals surface area contributed by atoms with E-state index in [4.69, 9.17) is 11.6 Å². The normalized spacial score (nSPS) is 11.9. The number of amides is 1. The first-order chi connectivity index (χ1) is 13.6. The SMILES string of the molecule is CC(NC(=O)c1csc(-c2cccc(Cl)c2)n1)c1nc(-c2ccncc2)cs1. The van der Waals surface area contributed by atoms with Gasteiger partial charge in [0, 0.05) is 39.3 Å². The van der Waals surface area contributed by atoms with Gasteiger partial charge in [0.2, 0.25) is 0 Å². The third-order valence-electron chi connectivity index (χ3n) is 4.02. The molecule has 0 spiro atoms. The molecular weight excluding hydrogens is 412 g/mol. The number of carbonyl (C=O) groups excluding carboxylic acids is 1. The number of carbonyl (C=O) groups is 1. The maximum atomic E-state index is 12.6. The summed E-state index contributed by atoms with van der Waals surface area (Å²) in [5.74, 6) is -0.224. The van der Waals surface area contributed by atoms with Gasteiger partial charge in [-0.05, 0) is 31.2 Å². The lowest BCUT2D eigenvalue weighted by atomic mass is 10.2. The molecule has 140 valence electrons. The zero-order valence-electron chi connectivity index (χ0n) is 14.8. The van der Waals surface area contributed by atoms with E-state index in [0.29, 0.717) is 10.7 Å². The first kappa shape index (κ1) is 18.7. The van der Waals surface area contributed by atoms with E-state index >= 15 is 0 Å². The molecule has 1 amide bonds. The number of rotatable bonds is 5. The Bertz CT molecular complexity index is 1110. The molecule has 0 saturated heterocycles. The van der Waals surface area contributed by atoms with E-state index in [2.05, 4.69) is 20.3 Å². The largest absolute Gasteiger partial charge is 0.342 e. The molecule has 5 nitrogen and oxygen atoms in total. The second kappa shape index (κ2) is 8.18. The van der Waals surface area contributed by atoms with Gasteiger partial charge in [-0.25, -0.2) is 9.97 Å². The Morgan fingerprint density at radius 3 is 2.68 bits per heavy atom. The zero-order chi connectivity index (χ0) is 19.5. The highest BCUT2D eigenvalue weighted by atomic mass is 35.5. The smallest absolute Gasteiger partial charge is 0.271 e. The van der Waals surface area contributed by atoms with Crippen LogP contribution in [0.15, 0.2) is 59.6 Å². The van der Waals surface area contributed by atoms with Gasteiger partial charge in [0.1, 0.15) is 15.7 Å². The van der Waals surface area contributed by atoms with Crippen molar-refractivity contribution in [3.63, 3.8) is 0 Å². The van der Waals surface area contributed by atoms with Crippen LogP contribution in [0.25, 0.3) is 21.8 Å². The molecule has 0 fully saturated rings. The molecule has 4 aromatic rings. The second-order valence-corrected chi connectivity index (χ2v) is 8.23. The van der Waals surface area contributed by atoms with Crippen LogP contribution in [0, 0.1) is 0 Å². The average Bonchev–Trinajstić information content (AvgIpc) is 3.39. The lowest BCUT2D eigenvalue weighted by Gasteiger charge is -2.09. The van der Waals surface area contributed by atoms with Crippen LogP contribution in [0.3, 0.4) is 0 Å². The molecule has 1 atom stereocenters. The summed E-state index contributed by atoms with van der Waals surface area (Å²) >= 11 is 8.96. The fraction of sp³-hybridized carbons (Fsp3) is 0.100. The highest BCUT2D eigenvalue weighted by Gasteiger charge is 2.18. The Kier molecular flexibility index (Phi) is 5.47. The van der Waals surface area contributed by atoms with Gasteiger partial charge in [-0.2, -0.15) is 0 Å². The van der Waals surface area contributed by atoms with Crippen molar-refractivity contribution in [2.75, 3.05) is 0 Å². The number of nitrogens with one attached hydrogen (secondary N) is 1. The van der Waals surface area contributed by atoms with Crippen LogP contribution < -0.4 is 5.32 Å². The van der Waals surface area contributed by atoms with E-state index in [0.717, 1.165) is 26.8 Å². The van der Waals surface area contributed by atoms with Gasteiger partial charge >= 0.3 is 0 Å². The van der Waals surface area contributed by atoms with Gasteiger partial charge in [0.25, 0.3) is 5.91 Å². The Morgan fingerprint density at radius 1 is 1.07 bits per heavy atom. The number of pyridine rings is 1. The topological polar surface area (TPSA) is 67.8 Å².